The largest absolute Gasteiger partial charge is 0.508 e. The number of aryl methyl sites for hydroxylation is 1. The number of benzene rings is 2. The molecule has 0 aliphatic heterocycles. The molecule has 0 aliphatic carbocycles. The fraction of sp³-hybridized carbons (Fsp3) is 0.414. The van der Waals surface area contributed by atoms with Crippen LogP contribution in [0, 0.1) is 5.41 Å². The monoisotopic (exact) mass is 564 g/mol. The van der Waals surface area contributed by atoms with Gasteiger partial charge in [0.25, 0.3) is 5.56 Å². The number of hydrogen-bond donors (Lipinski definition) is 1. The number of rotatable bonds is 8. The van der Waals surface area contributed by atoms with Gasteiger partial charge in [0.15, 0.2) is 22.5 Å². The lowest BCUT2D eigenvalue weighted by Crippen LogP contribution is -2.49. The van der Waals surface area contributed by atoms with E-state index in [4.69, 9.17) is 14.0 Å². The van der Waals surface area contributed by atoms with Crippen LogP contribution in [-0.2, 0) is 25.6 Å². The SMILES string of the molecule is CC(C)(C)OC(=O)C(CCn1nnc2ccccc2c1=O)(CC(=O)c1noc2cc(O)ccc12)C(=O)OC(C)(C)C. The fourth-order valence-electron chi connectivity index (χ4n) is 4.22. The Morgan fingerprint density at radius 2 is 1.56 bits per heavy atom. The van der Waals surface area contributed by atoms with E-state index in [-0.39, 0.29) is 35.4 Å². The number of aromatic hydroxyl groups is 1. The zero-order valence-corrected chi connectivity index (χ0v) is 23.8. The maximum Gasteiger partial charge on any atom is 0.324 e. The van der Waals surface area contributed by atoms with Crippen LogP contribution in [0.15, 0.2) is 51.8 Å². The van der Waals surface area contributed by atoms with Crippen LogP contribution in [0.1, 0.15) is 64.9 Å². The van der Waals surface area contributed by atoms with E-state index in [0.717, 1.165) is 4.68 Å². The van der Waals surface area contributed by atoms with Crippen molar-refractivity contribution in [1.82, 2.24) is 20.2 Å². The summed E-state index contributed by atoms with van der Waals surface area (Å²) in [6.45, 7) is 9.52. The van der Waals surface area contributed by atoms with Gasteiger partial charge in [-0.15, -0.1) is 5.10 Å². The molecule has 0 unspecified atom stereocenters. The number of carbonyl (C=O) groups excluding carboxylic acids is 3. The first-order chi connectivity index (χ1) is 19.1. The number of Topliss-reactive ketones (excluding diaryl/α,β-unsaturated/α-hetero) is 1. The van der Waals surface area contributed by atoms with Crippen LogP contribution in [-0.4, -0.2) is 54.2 Å². The summed E-state index contributed by atoms with van der Waals surface area (Å²) in [4.78, 5) is 54.6. The maximum atomic E-state index is 13.9. The van der Waals surface area contributed by atoms with E-state index < -0.39 is 46.3 Å². The number of phenolic OH excluding ortho intramolecular Hbond substituents is 1. The molecule has 0 spiro atoms. The second-order valence-corrected chi connectivity index (χ2v) is 11.8. The smallest absolute Gasteiger partial charge is 0.324 e. The van der Waals surface area contributed by atoms with Crippen molar-refractivity contribution in [3.05, 3.63) is 58.5 Å². The molecular weight excluding hydrogens is 532 g/mol. The van der Waals surface area contributed by atoms with Crippen LogP contribution in [0.5, 0.6) is 5.75 Å². The zero-order valence-electron chi connectivity index (χ0n) is 23.8. The molecule has 41 heavy (non-hydrogen) atoms. The van der Waals surface area contributed by atoms with Gasteiger partial charge in [0.1, 0.15) is 22.5 Å². The molecule has 0 bridgehead atoms. The molecule has 0 saturated carbocycles. The molecule has 2 heterocycles. The summed E-state index contributed by atoms with van der Waals surface area (Å²) < 4.78 is 17.6. The molecule has 4 aromatic rings. The van der Waals surface area contributed by atoms with Gasteiger partial charge in [0.2, 0.25) is 0 Å². The van der Waals surface area contributed by atoms with Crippen molar-refractivity contribution in [2.75, 3.05) is 0 Å². The average molecular weight is 565 g/mol. The second-order valence-electron chi connectivity index (χ2n) is 11.8. The number of hydrogen-bond acceptors (Lipinski definition) is 11. The van der Waals surface area contributed by atoms with Crippen LogP contribution in [0.3, 0.4) is 0 Å². The normalized spacial score (nSPS) is 12.4. The van der Waals surface area contributed by atoms with E-state index >= 15 is 0 Å². The van der Waals surface area contributed by atoms with Crippen molar-refractivity contribution >= 4 is 39.6 Å². The maximum absolute atomic E-state index is 13.9. The van der Waals surface area contributed by atoms with Crippen molar-refractivity contribution in [2.45, 2.75) is 72.1 Å². The molecule has 0 fully saturated rings. The van der Waals surface area contributed by atoms with Gasteiger partial charge in [-0.25, -0.2) is 4.68 Å². The van der Waals surface area contributed by atoms with Crippen molar-refractivity contribution in [1.29, 1.82) is 0 Å². The molecule has 2 aromatic carbocycles. The number of nitrogens with zero attached hydrogens (tertiary/aromatic N) is 4. The molecular formula is C29H32N4O8. The molecule has 2 aromatic heterocycles. The molecule has 12 nitrogen and oxygen atoms in total. The topological polar surface area (TPSA) is 164 Å². The van der Waals surface area contributed by atoms with Gasteiger partial charge in [-0.3, -0.25) is 19.2 Å². The number of phenols is 1. The lowest BCUT2D eigenvalue weighted by Gasteiger charge is -2.34. The summed E-state index contributed by atoms with van der Waals surface area (Å²) in [5, 5.41) is 22.2. The van der Waals surface area contributed by atoms with E-state index in [1.165, 1.54) is 18.2 Å². The Morgan fingerprint density at radius 1 is 0.927 bits per heavy atom. The quantitative estimate of drug-likeness (QED) is 0.187. The van der Waals surface area contributed by atoms with Gasteiger partial charge in [-0.05, 0) is 72.2 Å². The molecule has 12 heteroatoms. The Bertz CT molecular complexity index is 1660. The lowest BCUT2D eigenvalue weighted by atomic mass is 9.78. The first-order valence-corrected chi connectivity index (χ1v) is 13.0. The third-order valence-electron chi connectivity index (χ3n) is 6.14. The zero-order chi connectivity index (χ0) is 30.2. The molecule has 1 N–H and O–H groups in total. The van der Waals surface area contributed by atoms with Gasteiger partial charge in [-0.2, -0.15) is 0 Å². The van der Waals surface area contributed by atoms with E-state index in [2.05, 4.69) is 15.5 Å². The Balaban J connectivity index is 1.81. The number of carbonyl (C=O) groups is 3. The number of aromatic nitrogens is 4. The van der Waals surface area contributed by atoms with E-state index in [9.17, 15) is 24.3 Å². The molecule has 0 saturated heterocycles. The Hall–Kier alpha value is -4.61. The summed E-state index contributed by atoms with van der Waals surface area (Å²) in [5.74, 6) is -2.80. The summed E-state index contributed by atoms with van der Waals surface area (Å²) >= 11 is 0. The lowest BCUT2D eigenvalue weighted by molar-refractivity contribution is -0.186. The highest BCUT2D eigenvalue weighted by Crippen LogP contribution is 2.37. The van der Waals surface area contributed by atoms with Crippen molar-refractivity contribution < 1.29 is 33.5 Å². The van der Waals surface area contributed by atoms with Crippen molar-refractivity contribution in [3.8, 4) is 5.75 Å². The van der Waals surface area contributed by atoms with E-state index in [1.54, 1.807) is 65.8 Å². The second kappa shape index (κ2) is 10.8. The summed E-state index contributed by atoms with van der Waals surface area (Å²) in [5.41, 5.74) is -4.32. The fourth-order valence-corrected chi connectivity index (χ4v) is 4.22. The third kappa shape index (κ3) is 6.42. The first kappa shape index (κ1) is 29.4. The highest BCUT2D eigenvalue weighted by atomic mass is 16.6. The molecule has 216 valence electrons. The first-order valence-electron chi connectivity index (χ1n) is 13.0. The van der Waals surface area contributed by atoms with Crippen LogP contribution in [0.4, 0.5) is 0 Å². The van der Waals surface area contributed by atoms with Crippen LogP contribution < -0.4 is 5.56 Å². The van der Waals surface area contributed by atoms with Gasteiger partial charge in [-0.1, -0.05) is 22.5 Å². The van der Waals surface area contributed by atoms with Crippen molar-refractivity contribution in [2.24, 2.45) is 5.41 Å². The van der Waals surface area contributed by atoms with Gasteiger partial charge in [0.05, 0.1) is 10.8 Å². The van der Waals surface area contributed by atoms with Crippen molar-refractivity contribution in [3.63, 3.8) is 0 Å². The Kier molecular flexibility index (Phi) is 7.70. The number of ketones is 1. The van der Waals surface area contributed by atoms with Gasteiger partial charge < -0.3 is 19.1 Å². The Morgan fingerprint density at radius 3 is 2.20 bits per heavy atom. The minimum atomic E-state index is -2.19. The van der Waals surface area contributed by atoms with Crippen LogP contribution in [0.25, 0.3) is 21.9 Å². The highest BCUT2D eigenvalue weighted by molar-refractivity contribution is 6.11. The summed E-state index contributed by atoms with van der Waals surface area (Å²) in [6, 6.07) is 10.7. The number of esters is 2. The van der Waals surface area contributed by atoms with E-state index in [0.29, 0.717) is 10.9 Å². The molecule has 0 radical (unpaired) electrons. The summed E-state index contributed by atoms with van der Waals surface area (Å²) in [6.07, 6.45) is -1.07. The van der Waals surface area contributed by atoms with E-state index in [1.807, 2.05) is 0 Å². The third-order valence-corrected chi connectivity index (χ3v) is 6.14. The number of ether oxygens (including phenoxy) is 2. The minimum Gasteiger partial charge on any atom is -0.508 e. The predicted molar refractivity (Wildman–Crippen MR) is 147 cm³/mol. The van der Waals surface area contributed by atoms with Crippen LogP contribution >= 0.6 is 0 Å². The highest BCUT2D eigenvalue weighted by Gasteiger charge is 2.53. The average Bonchev–Trinajstić information content (AvgIpc) is 3.28. The molecule has 4 rings (SSSR count). The van der Waals surface area contributed by atoms with Crippen LogP contribution in [0.2, 0.25) is 0 Å². The van der Waals surface area contributed by atoms with Gasteiger partial charge >= 0.3 is 11.9 Å². The van der Waals surface area contributed by atoms with Gasteiger partial charge in [0, 0.05) is 19.0 Å². The molecule has 0 aliphatic rings. The minimum absolute atomic E-state index is 0.0913. The summed E-state index contributed by atoms with van der Waals surface area (Å²) in [7, 11) is 0. The standard InChI is InChI=1S/C29H32N4O8/c1-27(2,3)39-25(37)29(26(38)40-28(4,5)6,13-14-33-24(36)18-9-7-8-10-20(18)30-32-33)16-21(35)23-19-12-11-17(34)15-22(19)41-31-23/h7-12,15,34H,13-14,16H2,1-6H3. The molecule has 0 amide bonds. The Labute approximate surface area is 235 Å². The number of fused-ring (bicyclic) bond motifs is 2. The predicted octanol–water partition coefficient (Wildman–Crippen LogP) is 3.97. The molecule has 0 atom stereocenters.